The topological polar surface area (TPSA) is 65.7 Å². The van der Waals surface area contributed by atoms with E-state index in [1.54, 1.807) is 45.2 Å². The second-order valence-corrected chi connectivity index (χ2v) is 5.55. The maximum absolute atomic E-state index is 13.0. The fraction of sp³-hybridized carbons (Fsp3) is 0.200. The molecule has 0 aliphatic rings. The van der Waals surface area contributed by atoms with Crippen molar-refractivity contribution in [3.63, 3.8) is 0 Å². The Hall–Kier alpha value is -3.08. The maximum atomic E-state index is 13.0. The van der Waals surface area contributed by atoms with E-state index < -0.39 is 0 Å². The number of carbonyl (C=O) groups is 1. The van der Waals surface area contributed by atoms with E-state index in [9.17, 15) is 9.59 Å². The number of ether oxygens (including phenoxy) is 2. The van der Waals surface area contributed by atoms with Crippen molar-refractivity contribution >= 4 is 16.9 Å². The molecule has 3 rings (SSSR count). The van der Waals surface area contributed by atoms with Crippen LogP contribution in [0.15, 0.2) is 51.7 Å². The fourth-order valence-corrected chi connectivity index (χ4v) is 2.72. The minimum absolute atomic E-state index is 0.156. The average Bonchev–Trinajstić information content (AvgIpc) is 2.61. The van der Waals surface area contributed by atoms with Gasteiger partial charge < -0.3 is 13.9 Å². The third-order valence-electron chi connectivity index (χ3n) is 3.94. The van der Waals surface area contributed by atoms with Crippen molar-refractivity contribution in [3.8, 4) is 22.6 Å². The van der Waals surface area contributed by atoms with Crippen molar-refractivity contribution in [1.29, 1.82) is 0 Å². The molecule has 0 saturated heterocycles. The number of carbonyl (C=O) groups excluding carboxylic acids is 1. The van der Waals surface area contributed by atoms with E-state index in [-0.39, 0.29) is 17.8 Å². The summed E-state index contributed by atoms with van der Waals surface area (Å²) in [6.45, 7) is 3.44. The lowest BCUT2D eigenvalue weighted by molar-refractivity contribution is -0.134. The van der Waals surface area contributed by atoms with Gasteiger partial charge >= 0.3 is 5.97 Å². The molecule has 25 heavy (non-hydrogen) atoms. The van der Waals surface area contributed by atoms with E-state index >= 15 is 0 Å². The summed E-state index contributed by atoms with van der Waals surface area (Å²) in [5.41, 5.74) is 1.36. The summed E-state index contributed by atoms with van der Waals surface area (Å²) < 4.78 is 16.4. The van der Waals surface area contributed by atoms with E-state index in [1.807, 2.05) is 18.2 Å². The molecule has 1 heterocycles. The molecule has 0 unspecified atom stereocenters. The van der Waals surface area contributed by atoms with Gasteiger partial charge in [-0.3, -0.25) is 9.59 Å². The molecular weight excluding hydrogens is 320 g/mol. The van der Waals surface area contributed by atoms with Gasteiger partial charge in [0.2, 0.25) is 5.43 Å². The smallest absolute Gasteiger partial charge is 0.310 e. The zero-order chi connectivity index (χ0) is 18.0. The van der Waals surface area contributed by atoms with Crippen molar-refractivity contribution in [2.45, 2.75) is 20.3 Å². The highest BCUT2D eigenvalue weighted by Crippen LogP contribution is 2.32. The summed E-state index contributed by atoms with van der Waals surface area (Å²) in [6.07, 6.45) is 0.272. The highest BCUT2D eigenvalue weighted by Gasteiger charge is 2.17. The van der Waals surface area contributed by atoms with Gasteiger partial charge in [-0.1, -0.05) is 25.1 Å². The van der Waals surface area contributed by atoms with Crippen LogP contribution in [-0.4, -0.2) is 13.1 Å². The first-order valence-corrected chi connectivity index (χ1v) is 7.96. The van der Waals surface area contributed by atoms with Crippen LogP contribution in [-0.2, 0) is 4.79 Å². The van der Waals surface area contributed by atoms with E-state index in [0.29, 0.717) is 39.4 Å². The molecule has 128 valence electrons. The van der Waals surface area contributed by atoms with Gasteiger partial charge in [-0.15, -0.1) is 0 Å². The first kappa shape index (κ1) is 16.8. The molecular formula is C20H18O5. The Bertz CT molecular complexity index is 1000. The van der Waals surface area contributed by atoms with Crippen molar-refractivity contribution in [2.75, 3.05) is 7.11 Å². The maximum Gasteiger partial charge on any atom is 0.310 e. The van der Waals surface area contributed by atoms with Crippen LogP contribution in [0.25, 0.3) is 22.1 Å². The lowest BCUT2D eigenvalue weighted by atomic mass is 10.0. The molecule has 0 saturated carbocycles. The summed E-state index contributed by atoms with van der Waals surface area (Å²) in [6, 6.07) is 12.1. The lowest BCUT2D eigenvalue weighted by Gasteiger charge is -2.11. The largest absolute Gasteiger partial charge is 0.496 e. The zero-order valence-corrected chi connectivity index (χ0v) is 14.3. The van der Waals surface area contributed by atoms with Crippen LogP contribution < -0.4 is 14.9 Å². The van der Waals surface area contributed by atoms with Crippen LogP contribution in [0.2, 0.25) is 0 Å². The number of aryl methyl sites for hydroxylation is 1. The van der Waals surface area contributed by atoms with Gasteiger partial charge in [0, 0.05) is 18.1 Å². The molecule has 0 aliphatic carbocycles. The molecule has 0 spiro atoms. The van der Waals surface area contributed by atoms with E-state index in [0.717, 1.165) is 0 Å². The van der Waals surface area contributed by atoms with Crippen LogP contribution >= 0.6 is 0 Å². The Kier molecular flexibility index (Phi) is 4.57. The molecule has 5 heteroatoms. The molecule has 0 radical (unpaired) electrons. The molecule has 2 aromatic carbocycles. The number of hydrogen-bond donors (Lipinski definition) is 0. The summed E-state index contributed by atoms with van der Waals surface area (Å²) >= 11 is 0. The summed E-state index contributed by atoms with van der Waals surface area (Å²) in [7, 11) is 1.56. The number of esters is 1. The molecule has 0 amide bonds. The Morgan fingerprint density at radius 3 is 2.64 bits per heavy atom. The molecule has 1 aromatic heterocycles. The van der Waals surface area contributed by atoms with Gasteiger partial charge in [0.05, 0.1) is 18.1 Å². The molecule has 0 fully saturated rings. The number of rotatable bonds is 4. The van der Waals surface area contributed by atoms with Crippen molar-refractivity contribution in [3.05, 3.63) is 58.4 Å². The number of fused-ring (bicyclic) bond motifs is 1. The zero-order valence-electron chi connectivity index (χ0n) is 14.3. The van der Waals surface area contributed by atoms with Crippen LogP contribution in [0.5, 0.6) is 11.5 Å². The second kappa shape index (κ2) is 6.81. The van der Waals surface area contributed by atoms with Gasteiger partial charge in [0.1, 0.15) is 22.8 Å². The van der Waals surface area contributed by atoms with E-state index in [4.69, 9.17) is 13.9 Å². The molecule has 3 aromatic rings. The first-order chi connectivity index (χ1) is 12.0. The predicted molar refractivity (Wildman–Crippen MR) is 95.1 cm³/mol. The van der Waals surface area contributed by atoms with E-state index in [2.05, 4.69) is 0 Å². The summed E-state index contributed by atoms with van der Waals surface area (Å²) in [4.78, 5) is 24.4. The number of methoxy groups -OCH3 is 1. The molecule has 0 bridgehead atoms. The summed E-state index contributed by atoms with van der Waals surface area (Å²) in [5, 5.41) is 0.419. The average molecular weight is 338 g/mol. The van der Waals surface area contributed by atoms with Gasteiger partial charge in [0.15, 0.2) is 0 Å². The van der Waals surface area contributed by atoms with Crippen LogP contribution in [0.4, 0.5) is 0 Å². The van der Waals surface area contributed by atoms with Gasteiger partial charge in [0.25, 0.3) is 0 Å². The minimum Gasteiger partial charge on any atom is -0.496 e. The fourth-order valence-electron chi connectivity index (χ4n) is 2.72. The quantitative estimate of drug-likeness (QED) is 0.529. The highest BCUT2D eigenvalue weighted by atomic mass is 16.5. The van der Waals surface area contributed by atoms with Gasteiger partial charge in [-0.05, 0) is 25.1 Å². The highest BCUT2D eigenvalue weighted by molar-refractivity contribution is 5.85. The van der Waals surface area contributed by atoms with Crippen LogP contribution in [0, 0.1) is 6.92 Å². The molecule has 0 atom stereocenters. The van der Waals surface area contributed by atoms with Crippen LogP contribution in [0.3, 0.4) is 0 Å². The van der Waals surface area contributed by atoms with Gasteiger partial charge in [-0.2, -0.15) is 0 Å². The third-order valence-corrected chi connectivity index (χ3v) is 3.94. The SMILES string of the molecule is CCC(=O)Oc1ccc2c(=O)c(-c3ccccc3OC)c(C)oc2c1. The Morgan fingerprint density at radius 1 is 1.16 bits per heavy atom. The number of para-hydroxylation sites is 1. The first-order valence-electron chi connectivity index (χ1n) is 7.96. The van der Waals surface area contributed by atoms with Crippen LogP contribution in [0.1, 0.15) is 19.1 Å². The Morgan fingerprint density at radius 2 is 1.92 bits per heavy atom. The van der Waals surface area contributed by atoms with Gasteiger partial charge in [-0.25, -0.2) is 0 Å². The number of benzene rings is 2. The standard InChI is InChI=1S/C20H18O5/c1-4-18(21)25-13-9-10-15-17(11-13)24-12(2)19(20(15)22)14-7-5-6-8-16(14)23-3/h5-11H,4H2,1-3H3. The molecule has 0 N–H and O–H groups in total. The molecule has 5 nitrogen and oxygen atoms in total. The lowest BCUT2D eigenvalue weighted by Crippen LogP contribution is -2.09. The summed E-state index contributed by atoms with van der Waals surface area (Å²) in [5.74, 6) is 1.09. The second-order valence-electron chi connectivity index (χ2n) is 5.55. The third kappa shape index (κ3) is 3.13. The van der Waals surface area contributed by atoms with Crippen molar-refractivity contribution in [2.24, 2.45) is 0 Å². The number of hydrogen-bond acceptors (Lipinski definition) is 5. The van der Waals surface area contributed by atoms with Crippen molar-refractivity contribution < 1.29 is 18.7 Å². The minimum atomic E-state index is -0.343. The van der Waals surface area contributed by atoms with E-state index in [1.165, 1.54) is 0 Å². The molecule has 0 aliphatic heterocycles. The van der Waals surface area contributed by atoms with Crippen molar-refractivity contribution in [1.82, 2.24) is 0 Å². The Labute approximate surface area is 144 Å². The predicted octanol–water partition coefficient (Wildman–Crippen LogP) is 4.09. The monoisotopic (exact) mass is 338 g/mol. The normalized spacial score (nSPS) is 10.7. The Balaban J connectivity index is 2.18.